The van der Waals surface area contributed by atoms with Crippen LogP contribution in [0.1, 0.15) is 16.0 Å². The standard InChI is InChI=1S/C15H11NO2S/c16-9-13-5-1-2-6-15(13)18-10-14-8-12(11-19-14)4-3-7-17/h1-2,5-6,8,11,17H,7,10H2. The van der Waals surface area contributed by atoms with Gasteiger partial charge in [-0.05, 0) is 18.2 Å². The second kappa shape index (κ2) is 6.61. The van der Waals surface area contributed by atoms with Crippen molar-refractivity contribution in [1.82, 2.24) is 0 Å². The maximum absolute atomic E-state index is 8.95. The molecular weight excluding hydrogens is 258 g/mol. The molecule has 0 saturated carbocycles. The van der Waals surface area contributed by atoms with Gasteiger partial charge in [0.25, 0.3) is 0 Å². The molecule has 0 saturated heterocycles. The number of nitriles is 1. The van der Waals surface area contributed by atoms with Gasteiger partial charge in [0.2, 0.25) is 0 Å². The molecule has 0 radical (unpaired) electrons. The number of ether oxygens (including phenoxy) is 1. The highest BCUT2D eigenvalue weighted by molar-refractivity contribution is 7.10. The molecule has 0 fully saturated rings. The highest BCUT2D eigenvalue weighted by Crippen LogP contribution is 2.20. The number of nitrogens with zero attached hydrogens (tertiary/aromatic N) is 1. The fourth-order valence-corrected chi connectivity index (χ4v) is 2.22. The molecule has 94 valence electrons. The second-order valence-electron chi connectivity index (χ2n) is 3.66. The smallest absolute Gasteiger partial charge is 0.137 e. The van der Waals surface area contributed by atoms with E-state index in [0.717, 1.165) is 10.4 Å². The van der Waals surface area contributed by atoms with Gasteiger partial charge in [-0.25, -0.2) is 0 Å². The maximum atomic E-state index is 8.95. The van der Waals surface area contributed by atoms with Crippen molar-refractivity contribution in [1.29, 1.82) is 5.26 Å². The monoisotopic (exact) mass is 269 g/mol. The summed E-state index contributed by atoms with van der Waals surface area (Å²) >= 11 is 1.54. The summed E-state index contributed by atoms with van der Waals surface area (Å²) in [5.74, 6) is 6.02. The minimum absolute atomic E-state index is 0.142. The minimum Gasteiger partial charge on any atom is -0.487 e. The van der Waals surface area contributed by atoms with E-state index >= 15 is 0 Å². The molecule has 1 aromatic heterocycles. The first-order valence-corrected chi connectivity index (χ1v) is 6.50. The van der Waals surface area contributed by atoms with Crippen LogP contribution in [0, 0.1) is 23.2 Å². The lowest BCUT2D eigenvalue weighted by Gasteiger charge is -2.05. The number of aliphatic hydroxyl groups is 1. The maximum Gasteiger partial charge on any atom is 0.137 e. The van der Waals surface area contributed by atoms with Gasteiger partial charge in [0.05, 0.1) is 5.56 Å². The van der Waals surface area contributed by atoms with Crippen LogP contribution in [0.4, 0.5) is 0 Å². The number of hydrogen-bond donors (Lipinski definition) is 1. The molecular formula is C15H11NO2S. The fraction of sp³-hybridized carbons (Fsp3) is 0.133. The molecule has 1 heterocycles. The second-order valence-corrected chi connectivity index (χ2v) is 4.65. The molecule has 3 nitrogen and oxygen atoms in total. The van der Waals surface area contributed by atoms with E-state index in [9.17, 15) is 0 Å². The van der Waals surface area contributed by atoms with Crippen LogP contribution in [-0.2, 0) is 6.61 Å². The Balaban J connectivity index is 2.03. The molecule has 0 spiro atoms. The Bertz CT molecular complexity index is 659. The minimum atomic E-state index is -0.142. The average Bonchev–Trinajstić information content (AvgIpc) is 2.91. The van der Waals surface area contributed by atoms with E-state index in [4.69, 9.17) is 15.1 Å². The Labute approximate surface area is 115 Å². The molecule has 1 aromatic carbocycles. The van der Waals surface area contributed by atoms with E-state index in [-0.39, 0.29) is 6.61 Å². The van der Waals surface area contributed by atoms with Crippen LogP contribution in [-0.4, -0.2) is 11.7 Å². The van der Waals surface area contributed by atoms with Crippen molar-refractivity contribution < 1.29 is 9.84 Å². The third-order valence-electron chi connectivity index (χ3n) is 2.34. The summed E-state index contributed by atoms with van der Waals surface area (Å²) in [7, 11) is 0. The normalized spacial score (nSPS) is 9.26. The summed E-state index contributed by atoms with van der Waals surface area (Å²) in [6.45, 7) is 0.265. The van der Waals surface area contributed by atoms with Gasteiger partial charge in [-0.3, -0.25) is 0 Å². The van der Waals surface area contributed by atoms with Crippen LogP contribution in [0.25, 0.3) is 0 Å². The molecule has 0 aliphatic rings. The third-order valence-corrected chi connectivity index (χ3v) is 3.25. The summed E-state index contributed by atoms with van der Waals surface area (Å²) in [5.41, 5.74) is 1.39. The number of benzene rings is 1. The van der Waals surface area contributed by atoms with Crippen molar-refractivity contribution in [3.05, 3.63) is 51.7 Å². The molecule has 4 heteroatoms. The predicted octanol–water partition coefficient (Wildman–Crippen LogP) is 2.54. The van der Waals surface area contributed by atoms with E-state index in [1.807, 2.05) is 17.5 Å². The highest BCUT2D eigenvalue weighted by Gasteiger charge is 2.03. The third kappa shape index (κ3) is 3.59. The Kier molecular flexibility index (Phi) is 4.58. The molecule has 1 N–H and O–H groups in total. The lowest BCUT2D eigenvalue weighted by atomic mass is 10.2. The SMILES string of the molecule is N#Cc1ccccc1OCc1cc(C#CCO)cs1. The Morgan fingerprint density at radius 3 is 2.95 bits per heavy atom. The zero-order chi connectivity index (χ0) is 13.5. The van der Waals surface area contributed by atoms with Crippen LogP contribution in [0.2, 0.25) is 0 Å². The first-order valence-electron chi connectivity index (χ1n) is 5.62. The van der Waals surface area contributed by atoms with E-state index in [0.29, 0.717) is 17.9 Å². The summed E-state index contributed by atoms with van der Waals surface area (Å²) in [6.07, 6.45) is 0. The molecule has 2 rings (SSSR count). The summed E-state index contributed by atoms with van der Waals surface area (Å²) in [6, 6.07) is 11.2. The predicted molar refractivity (Wildman–Crippen MR) is 73.8 cm³/mol. The number of thiophene rings is 1. The molecule has 0 bridgehead atoms. The summed E-state index contributed by atoms with van der Waals surface area (Å²) in [5, 5.41) is 19.5. The van der Waals surface area contributed by atoms with E-state index in [1.54, 1.807) is 29.5 Å². The molecule has 19 heavy (non-hydrogen) atoms. The van der Waals surface area contributed by atoms with E-state index < -0.39 is 0 Å². The molecule has 0 atom stereocenters. The number of hydrogen-bond acceptors (Lipinski definition) is 4. The average molecular weight is 269 g/mol. The highest BCUT2D eigenvalue weighted by atomic mass is 32.1. The van der Waals surface area contributed by atoms with Gasteiger partial charge in [0.15, 0.2) is 0 Å². The van der Waals surface area contributed by atoms with E-state index in [1.165, 1.54) is 0 Å². The van der Waals surface area contributed by atoms with Gasteiger partial charge < -0.3 is 9.84 Å². The van der Waals surface area contributed by atoms with Gasteiger partial charge in [-0.2, -0.15) is 5.26 Å². The van der Waals surface area contributed by atoms with E-state index in [2.05, 4.69) is 17.9 Å². The molecule has 0 amide bonds. The fourth-order valence-electron chi connectivity index (χ4n) is 1.50. The van der Waals surface area contributed by atoms with Gasteiger partial charge in [-0.15, -0.1) is 11.3 Å². The zero-order valence-corrected chi connectivity index (χ0v) is 10.9. The zero-order valence-electron chi connectivity index (χ0n) is 10.1. The van der Waals surface area contributed by atoms with Gasteiger partial charge in [0, 0.05) is 15.8 Å². The Morgan fingerprint density at radius 2 is 2.16 bits per heavy atom. The van der Waals surface area contributed by atoms with Crippen molar-refractivity contribution in [2.75, 3.05) is 6.61 Å². The van der Waals surface area contributed by atoms with Crippen molar-refractivity contribution in [3.63, 3.8) is 0 Å². The van der Waals surface area contributed by atoms with Crippen LogP contribution in [0.5, 0.6) is 5.75 Å². The first-order chi connectivity index (χ1) is 9.33. The van der Waals surface area contributed by atoms with Crippen molar-refractivity contribution in [2.24, 2.45) is 0 Å². The molecule has 0 aliphatic heterocycles. The lowest BCUT2D eigenvalue weighted by Crippen LogP contribution is -1.94. The quantitative estimate of drug-likeness (QED) is 0.871. The van der Waals surface area contributed by atoms with Crippen molar-refractivity contribution >= 4 is 11.3 Å². The summed E-state index contributed by atoms with van der Waals surface area (Å²) in [4.78, 5) is 1.02. The van der Waals surface area contributed by atoms with Gasteiger partial charge in [-0.1, -0.05) is 24.0 Å². The first kappa shape index (κ1) is 13.2. The molecule has 2 aromatic rings. The Hall–Kier alpha value is -2.27. The van der Waals surface area contributed by atoms with Gasteiger partial charge in [0.1, 0.15) is 25.0 Å². The van der Waals surface area contributed by atoms with Crippen molar-refractivity contribution in [3.8, 4) is 23.7 Å². The number of aliphatic hydroxyl groups excluding tert-OH is 1. The van der Waals surface area contributed by atoms with Crippen LogP contribution >= 0.6 is 11.3 Å². The number of rotatable bonds is 3. The topological polar surface area (TPSA) is 53.2 Å². The molecule has 0 unspecified atom stereocenters. The lowest BCUT2D eigenvalue weighted by molar-refractivity contribution is 0.309. The van der Waals surface area contributed by atoms with Gasteiger partial charge >= 0.3 is 0 Å². The Morgan fingerprint density at radius 1 is 1.32 bits per heavy atom. The van der Waals surface area contributed by atoms with Crippen molar-refractivity contribution in [2.45, 2.75) is 6.61 Å². The number of para-hydroxylation sites is 1. The van der Waals surface area contributed by atoms with Crippen LogP contribution < -0.4 is 4.74 Å². The summed E-state index contributed by atoms with van der Waals surface area (Å²) < 4.78 is 5.62. The largest absolute Gasteiger partial charge is 0.487 e. The van der Waals surface area contributed by atoms with Crippen LogP contribution in [0.3, 0.4) is 0 Å². The van der Waals surface area contributed by atoms with Crippen LogP contribution in [0.15, 0.2) is 35.7 Å². The molecule has 0 aliphatic carbocycles.